The zero-order valence-electron chi connectivity index (χ0n) is 9.81. The number of aliphatic carboxylic acids is 1. The van der Waals surface area contributed by atoms with Crippen LogP contribution in [0.25, 0.3) is 0 Å². The molecule has 0 aliphatic carbocycles. The van der Waals surface area contributed by atoms with Crippen molar-refractivity contribution in [2.24, 2.45) is 0 Å². The number of ether oxygens (including phenoxy) is 1. The molecule has 1 unspecified atom stereocenters. The van der Waals surface area contributed by atoms with Gasteiger partial charge in [-0.05, 0) is 24.3 Å². The standard InChI is InChI=1S/C12H16FNO3/c1-8(2)14-11(12(15)16)7-17-10-5-3-9(13)4-6-10/h3-6,8,11,14H,7H2,1-2H3,(H,15,16). The molecule has 1 aromatic rings. The number of carboxylic acid groups (broad SMARTS) is 1. The Balaban J connectivity index is 2.51. The van der Waals surface area contributed by atoms with Gasteiger partial charge in [-0.2, -0.15) is 0 Å². The molecule has 4 nitrogen and oxygen atoms in total. The van der Waals surface area contributed by atoms with Gasteiger partial charge < -0.3 is 9.84 Å². The van der Waals surface area contributed by atoms with E-state index in [4.69, 9.17) is 9.84 Å². The third-order valence-corrected chi connectivity index (χ3v) is 2.06. The molecule has 0 fully saturated rings. The zero-order valence-corrected chi connectivity index (χ0v) is 9.81. The Hall–Kier alpha value is -1.62. The average molecular weight is 241 g/mol. The van der Waals surface area contributed by atoms with Crippen molar-refractivity contribution >= 4 is 5.97 Å². The quantitative estimate of drug-likeness (QED) is 0.795. The Kier molecular flexibility index (Phi) is 4.90. The van der Waals surface area contributed by atoms with Crippen LogP contribution in [-0.4, -0.2) is 29.8 Å². The predicted molar refractivity (Wildman–Crippen MR) is 61.6 cm³/mol. The lowest BCUT2D eigenvalue weighted by Gasteiger charge is -2.17. The van der Waals surface area contributed by atoms with Gasteiger partial charge in [0.25, 0.3) is 0 Å². The third kappa shape index (κ3) is 4.82. The van der Waals surface area contributed by atoms with Crippen molar-refractivity contribution in [2.45, 2.75) is 25.9 Å². The maximum atomic E-state index is 12.6. The van der Waals surface area contributed by atoms with Gasteiger partial charge in [-0.15, -0.1) is 0 Å². The van der Waals surface area contributed by atoms with Gasteiger partial charge in [0.1, 0.15) is 24.2 Å². The molecule has 94 valence electrons. The minimum Gasteiger partial charge on any atom is -0.491 e. The molecule has 0 spiro atoms. The highest BCUT2D eigenvalue weighted by Crippen LogP contribution is 2.11. The Labute approximate surface area is 99.4 Å². The summed E-state index contributed by atoms with van der Waals surface area (Å²) in [5.41, 5.74) is 0. The van der Waals surface area contributed by atoms with Crippen LogP contribution in [0.2, 0.25) is 0 Å². The Morgan fingerprint density at radius 2 is 2.00 bits per heavy atom. The monoisotopic (exact) mass is 241 g/mol. The van der Waals surface area contributed by atoms with E-state index in [0.717, 1.165) is 0 Å². The molecule has 5 heteroatoms. The molecule has 1 rings (SSSR count). The maximum Gasteiger partial charge on any atom is 0.324 e. The summed E-state index contributed by atoms with van der Waals surface area (Å²) in [6.07, 6.45) is 0. The molecular weight excluding hydrogens is 225 g/mol. The summed E-state index contributed by atoms with van der Waals surface area (Å²) in [6, 6.07) is 4.72. The fourth-order valence-electron chi connectivity index (χ4n) is 1.30. The van der Waals surface area contributed by atoms with Crippen molar-refractivity contribution in [2.75, 3.05) is 6.61 Å². The van der Waals surface area contributed by atoms with E-state index in [2.05, 4.69) is 5.32 Å². The first-order valence-electron chi connectivity index (χ1n) is 5.36. The molecule has 1 aromatic carbocycles. The number of halogens is 1. The summed E-state index contributed by atoms with van der Waals surface area (Å²) in [6.45, 7) is 3.71. The fraction of sp³-hybridized carbons (Fsp3) is 0.417. The van der Waals surface area contributed by atoms with Gasteiger partial charge >= 0.3 is 5.97 Å². The fourth-order valence-corrected chi connectivity index (χ4v) is 1.30. The molecule has 0 saturated heterocycles. The smallest absolute Gasteiger partial charge is 0.324 e. The highest BCUT2D eigenvalue weighted by atomic mass is 19.1. The van der Waals surface area contributed by atoms with Gasteiger partial charge in [0, 0.05) is 6.04 Å². The Morgan fingerprint density at radius 1 is 1.41 bits per heavy atom. The van der Waals surface area contributed by atoms with Gasteiger partial charge in [-0.25, -0.2) is 4.39 Å². The molecule has 0 aliphatic rings. The van der Waals surface area contributed by atoms with Gasteiger partial charge in [0.15, 0.2) is 0 Å². The number of benzene rings is 1. The number of nitrogens with one attached hydrogen (secondary N) is 1. The molecule has 0 aromatic heterocycles. The van der Waals surface area contributed by atoms with E-state index in [1.807, 2.05) is 13.8 Å². The summed E-state index contributed by atoms with van der Waals surface area (Å²) in [4.78, 5) is 10.9. The van der Waals surface area contributed by atoms with Crippen LogP contribution in [0.15, 0.2) is 24.3 Å². The largest absolute Gasteiger partial charge is 0.491 e. The highest BCUT2D eigenvalue weighted by Gasteiger charge is 2.18. The minimum atomic E-state index is -0.971. The van der Waals surface area contributed by atoms with Crippen molar-refractivity contribution in [3.63, 3.8) is 0 Å². The molecule has 0 radical (unpaired) electrons. The molecule has 0 bridgehead atoms. The van der Waals surface area contributed by atoms with Crippen molar-refractivity contribution in [3.05, 3.63) is 30.1 Å². The first kappa shape index (κ1) is 13.4. The minimum absolute atomic E-state index is 0.000848. The van der Waals surface area contributed by atoms with Crippen molar-refractivity contribution < 1.29 is 19.0 Å². The van der Waals surface area contributed by atoms with Gasteiger partial charge in [-0.1, -0.05) is 13.8 Å². The zero-order chi connectivity index (χ0) is 12.8. The predicted octanol–water partition coefficient (Wildman–Crippen LogP) is 1.66. The Bertz CT molecular complexity index is 365. The number of hydrogen-bond acceptors (Lipinski definition) is 3. The first-order chi connectivity index (χ1) is 7.99. The number of hydrogen-bond donors (Lipinski definition) is 2. The molecule has 0 heterocycles. The number of rotatable bonds is 6. The Morgan fingerprint density at radius 3 is 2.47 bits per heavy atom. The molecule has 0 saturated carbocycles. The topological polar surface area (TPSA) is 58.6 Å². The summed E-state index contributed by atoms with van der Waals surface area (Å²) < 4.78 is 17.9. The first-order valence-corrected chi connectivity index (χ1v) is 5.36. The van der Waals surface area contributed by atoms with Crippen LogP contribution in [0.3, 0.4) is 0 Å². The SMILES string of the molecule is CC(C)NC(COc1ccc(F)cc1)C(=O)O. The van der Waals surface area contributed by atoms with Crippen LogP contribution < -0.4 is 10.1 Å². The van der Waals surface area contributed by atoms with Crippen LogP contribution >= 0.6 is 0 Å². The van der Waals surface area contributed by atoms with E-state index in [1.165, 1.54) is 24.3 Å². The van der Waals surface area contributed by atoms with Gasteiger partial charge in [0.05, 0.1) is 0 Å². The third-order valence-electron chi connectivity index (χ3n) is 2.06. The van der Waals surface area contributed by atoms with E-state index in [9.17, 15) is 9.18 Å². The summed E-state index contributed by atoms with van der Waals surface area (Å²) >= 11 is 0. The van der Waals surface area contributed by atoms with Gasteiger partial charge in [0.2, 0.25) is 0 Å². The van der Waals surface area contributed by atoms with Crippen LogP contribution in [-0.2, 0) is 4.79 Å². The van der Waals surface area contributed by atoms with E-state index in [-0.39, 0.29) is 18.5 Å². The lowest BCUT2D eigenvalue weighted by molar-refractivity contribution is -0.140. The normalized spacial score (nSPS) is 12.5. The van der Waals surface area contributed by atoms with Crippen LogP contribution in [0.4, 0.5) is 4.39 Å². The maximum absolute atomic E-state index is 12.6. The van der Waals surface area contributed by atoms with Crippen LogP contribution in [0.5, 0.6) is 5.75 Å². The van der Waals surface area contributed by atoms with Gasteiger partial charge in [-0.3, -0.25) is 10.1 Å². The second-order valence-corrected chi connectivity index (χ2v) is 3.98. The number of carbonyl (C=O) groups is 1. The summed E-state index contributed by atoms with van der Waals surface area (Å²) in [5, 5.41) is 11.8. The van der Waals surface area contributed by atoms with E-state index < -0.39 is 12.0 Å². The molecule has 17 heavy (non-hydrogen) atoms. The average Bonchev–Trinajstić information content (AvgIpc) is 2.25. The summed E-state index contributed by atoms with van der Waals surface area (Å²) in [5.74, 6) is -0.878. The van der Waals surface area contributed by atoms with E-state index >= 15 is 0 Å². The summed E-state index contributed by atoms with van der Waals surface area (Å²) in [7, 11) is 0. The van der Waals surface area contributed by atoms with Crippen molar-refractivity contribution in [1.29, 1.82) is 0 Å². The molecule has 0 aliphatic heterocycles. The van der Waals surface area contributed by atoms with E-state index in [0.29, 0.717) is 5.75 Å². The number of carboxylic acids is 1. The van der Waals surface area contributed by atoms with Crippen LogP contribution in [0, 0.1) is 5.82 Å². The molecule has 1 atom stereocenters. The molecular formula is C12H16FNO3. The second kappa shape index (κ2) is 6.20. The van der Waals surface area contributed by atoms with Crippen LogP contribution in [0.1, 0.15) is 13.8 Å². The second-order valence-electron chi connectivity index (χ2n) is 3.98. The van der Waals surface area contributed by atoms with Crippen molar-refractivity contribution in [3.8, 4) is 5.75 Å². The molecule has 0 amide bonds. The lowest BCUT2D eigenvalue weighted by Crippen LogP contribution is -2.44. The lowest BCUT2D eigenvalue weighted by atomic mass is 10.2. The van der Waals surface area contributed by atoms with E-state index in [1.54, 1.807) is 0 Å². The highest BCUT2D eigenvalue weighted by molar-refractivity contribution is 5.73. The van der Waals surface area contributed by atoms with Crippen molar-refractivity contribution in [1.82, 2.24) is 5.32 Å². The molecule has 2 N–H and O–H groups in total.